The molecule has 8 nitrogen and oxygen atoms in total. The van der Waals surface area contributed by atoms with Gasteiger partial charge in [0, 0.05) is 37.9 Å². The summed E-state index contributed by atoms with van der Waals surface area (Å²) in [6.07, 6.45) is 5.29. The van der Waals surface area contributed by atoms with E-state index in [4.69, 9.17) is 63.7 Å². The Morgan fingerprint density at radius 2 is 1.13 bits per heavy atom. The minimum absolute atomic E-state index is 0. The molecule has 52 heavy (non-hydrogen) atoms. The van der Waals surface area contributed by atoms with Crippen molar-refractivity contribution in [2.75, 3.05) is 11.1 Å². The molecule has 288 valence electrons. The lowest BCUT2D eigenvalue weighted by Gasteiger charge is -2.25. The van der Waals surface area contributed by atoms with Crippen molar-refractivity contribution in [3.05, 3.63) is 94.6 Å². The van der Waals surface area contributed by atoms with Crippen molar-refractivity contribution in [2.45, 2.75) is 89.7 Å². The normalized spacial score (nSPS) is 12.6. The van der Waals surface area contributed by atoms with Gasteiger partial charge in [0.25, 0.3) is 11.1 Å². The number of amides is 1. The Hall–Kier alpha value is -2.46. The van der Waals surface area contributed by atoms with E-state index in [1.54, 1.807) is 20.3 Å². The second-order valence-corrected chi connectivity index (χ2v) is 17.6. The van der Waals surface area contributed by atoms with E-state index in [9.17, 15) is 9.59 Å². The van der Waals surface area contributed by atoms with Crippen LogP contribution in [0.5, 0.6) is 0 Å². The molecule has 2 atom stereocenters. The molecule has 2 unspecified atom stereocenters. The van der Waals surface area contributed by atoms with Gasteiger partial charge in [0.15, 0.2) is 9.67 Å². The minimum atomic E-state index is -0.850. The Labute approximate surface area is 340 Å². The third-order valence-electron chi connectivity index (χ3n) is 7.69. The molecular weight excluding hydrogens is 785 g/mol. The predicted molar refractivity (Wildman–Crippen MR) is 216 cm³/mol. The molecule has 0 aliphatic carbocycles. The average molecular weight is 837 g/mol. The molecule has 0 saturated heterocycles. The number of nitrogens with zero attached hydrogens (tertiary/aromatic N) is 4. The smallest absolute Gasteiger partial charge is 0.259 e. The van der Waals surface area contributed by atoms with Crippen LogP contribution in [0.2, 0.25) is 0 Å². The van der Waals surface area contributed by atoms with Gasteiger partial charge in [0.2, 0.25) is 0 Å². The van der Waals surface area contributed by atoms with E-state index in [-0.39, 0.29) is 29.3 Å². The van der Waals surface area contributed by atoms with Gasteiger partial charge in [-0.05, 0) is 70.4 Å². The molecule has 4 aromatic rings. The molecule has 0 radical (unpaired) electrons. The number of benzene rings is 2. The molecule has 2 aromatic carbocycles. The number of nitrogens with one attached hydrogen (secondary N) is 1. The van der Waals surface area contributed by atoms with E-state index >= 15 is 0 Å². The van der Waals surface area contributed by atoms with Crippen LogP contribution in [0.4, 0.5) is 11.4 Å². The molecule has 0 bridgehead atoms. The summed E-state index contributed by atoms with van der Waals surface area (Å²) >= 11 is 28.2. The summed E-state index contributed by atoms with van der Waals surface area (Å²) in [5, 5.41) is 10.4. The van der Waals surface area contributed by atoms with Gasteiger partial charge in [-0.1, -0.05) is 138 Å². The van der Waals surface area contributed by atoms with Crippen molar-refractivity contribution in [3.63, 3.8) is 0 Å². The number of alkyl halides is 4. The Morgan fingerprint density at radius 3 is 1.56 bits per heavy atom. The molecule has 0 fully saturated rings. The first-order valence-electron chi connectivity index (χ1n) is 16.6. The number of aryl methyl sites for hydroxylation is 2. The van der Waals surface area contributed by atoms with E-state index in [0.29, 0.717) is 34.2 Å². The maximum absolute atomic E-state index is 12.7. The van der Waals surface area contributed by atoms with E-state index in [2.05, 4.69) is 89.1 Å². The number of hydrogen-bond donors (Lipinski definition) is 2. The molecule has 0 spiro atoms. The summed E-state index contributed by atoms with van der Waals surface area (Å²) in [6, 6.07) is 16.0. The minimum Gasteiger partial charge on any atom is -1.00 e. The Morgan fingerprint density at radius 1 is 0.731 bits per heavy atom. The van der Waals surface area contributed by atoms with Gasteiger partial charge in [0.05, 0.1) is 11.1 Å². The summed E-state index contributed by atoms with van der Waals surface area (Å²) in [5.74, 6) is 0.597. The fourth-order valence-corrected chi connectivity index (χ4v) is 6.70. The van der Waals surface area contributed by atoms with Crippen molar-refractivity contribution >= 4 is 80.5 Å². The van der Waals surface area contributed by atoms with Gasteiger partial charge >= 0.3 is 0 Å². The van der Waals surface area contributed by atoms with E-state index < -0.39 is 14.9 Å². The Bertz CT molecular complexity index is 1740. The number of anilines is 2. The maximum Gasteiger partial charge on any atom is 0.259 e. The van der Waals surface area contributed by atoms with Crippen LogP contribution in [-0.2, 0) is 14.1 Å². The first kappa shape index (κ1) is 47.6. The number of para-hydroxylation sites is 2. The predicted octanol–water partition coefficient (Wildman–Crippen LogP) is 8.78. The highest BCUT2D eigenvalue weighted by molar-refractivity contribution is 6.68. The number of halogens is 6. The summed E-state index contributed by atoms with van der Waals surface area (Å²) in [5.41, 5.74) is 11.9. The summed E-state index contributed by atoms with van der Waals surface area (Å²) < 4.78 is 2.97. The van der Waals surface area contributed by atoms with Gasteiger partial charge in [-0.15, -0.1) is 0 Å². The molecule has 2 aromatic heterocycles. The van der Waals surface area contributed by atoms with Crippen molar-refractivity contribution in [1.82, 2.24) is 19.6 Å². The summed E-state index contributed by atoms with van der Waals surface area (Å²) in [7, 11) is 3.39. The summed E-state index contributed by atoms with van der Waals surface area (Å²) in [4.78, 5) is 21.8. The van der Waals surface area contributed by atoms with Gasteiger partial charge in [-0.3, -0.25) is 19.0 Å². The molecule has 0 saturated carbocycles. The number of nitrogens with two attached hydrogens (primary N) is 1. The van der Waals surface area contributed by atoms with Crippen molar-refractivity contribution in [2.24, 2.45) is 24.9 Å². The monoisotopic (exact) mass is 833 g/mol. The van der Waals surface area contributed by atoms with E-state index in [1.165, 1.54) is 27.5 Å². The number of hydrogen-bond acceptors (Lipinski definition) is 5. The lowest BCUT2D eigenvalue weighted by molar-refractivity contribution is -0.0000268. The topological polar surface area (TPSA) is 108 Å². The molecular formula is C38H51Cl6N6O2-. The second-order valence-electron chi connectivity index (χ2n) is 15.1. The van der Waals surface area contributed by atoms with Crippen LogP contribution in [0.3, 0.4) is 0 Å². The second kappa shape index (κ2) is 20.8. The van der Waals surface area contributed by atoms with Gasteiger partial charge in [0.1, 0.15) is 11.4 Å². The fraction of sp³-hybridized carbons (Fsp3) is 0.474. The zero-order chi connectivity index (χ0) is 38.8. The molecule has 3 N–H and O–H groups in total. The zero-order valence-electron chi connectivity index (χ0n) is 31.4. The first-order valence-corrected chi connectivity index (χ1v) is 18.7. The Kier molecular flexibility index (Phi) is 19.1. The van der Waals surface area contributed by atoms with E-state index in [1.807, 2.05) is 30.3 Å². The quantitative estimate of drug-likeness (QED) is 0.0997. The highest BCUT2D eigenvalue weighted by atomic mass is 35.5. The van der Waals surface area contributed by atoms with E-state index in [0.717, 1.165) is 23.4 Å². The molecule has 14 heteroatoms. The largest absolute Gasteiger partial charge is 1.00 e. The van der Waals surface area contributed by atoms with Crippen LogP contribution in [0.1, 0.15) is 133 Å². The first-order chi connectivity index (χ1) is 23.5. The van der Waals surface area contributed by atoms with Crippen molar-refractivity contribution < 1.29 is 22.0 Å². The van der Waals surface area contributed by atoms with Gasteiger partial charge in [-0.2, -0.15) is 10.2 Å². The van der Waals surface area contributed by atoms with Crippen LogP contribution in [-0.4, -0.2) is 30.7 Å². The molecule has 2 heterocycles. The number of rotatable bonds is 9. The maximum atomic E-state index is 12.7. The molecule has 4 rings (SSSR count). The third-order valence-corrected chi connectivity index (χ3v) is 8.72. The average Bonchev–Trinajstić information content (AvgIpc) is 3.60. The lowest BCUT2D eigenvalue weighted by Crippen LogP contribution is -3.00. The van der Waals surface area contributed by atoms with Crippen LogP contribution in [0.25, 0.3) is 0 Å². The highest BCUT2D eigenvalue weighted by Crippen LogP contribution is 2.35. The number of carbonyl (C=O) groups is 2. The third kappa shape index (κ3) is 15.5. The number of nitrogen functional groups attached to an aromatic ring is 1. The van der Waals surface area contributed by atoms with Crippen LogP contribution >= 0.6 is 58.0 Å². The van der Waals surface area contributed by atoms with Crippen molar-refractivity contribution in [1.29, 1.82) is 0 Å². The standard InChI is InChI=1S/C19H25Cl2N3O.C13H21N.C6H5Cl3N2O.ClH/c1-12(10-19(2,3)4)13-8-6-7-9-15(13)22-18(25)14-11-24(5)23-16(14)17(20)21;1-10(9-13(2,3)4)11-7-5-6-8-12(11)14;1-11-2-3(6(9)12)4(10-11)5(7)8;/h6-9,11-12,17H,10H2,1-5H3,(H,22,25);5-8,10H,9,14H2,1-4H3;2,5H,1H3;1H/p-1. The van der Waals surface area contributed by atoms with Gasteiger partial charge < -0.3 is 23.5 Å². The number of aromatic nitrogens is 4. The highest BCUT2D eigenvalue weighted by Gasteiger charge is 2.24. The van der Waals surface area contributed by atoms with Crippen LogP contribution in [0, 0.1) is 10.8 Å². The lowest BCUT2D eigenvalue weighted by atomic mass is 9.82. The SMILES string of the molecule is CC(CC(C)(C)C)c1ccccc1N.CC(CC(C)(C)C)c1ccccc1NC(=O)c1cn(C)nc1C(Cl)Cl.Cn1cc(C(=O)Cl)c(C(Cl)Cl)n1.[Cl-]. The molecule has 0 aliphatic heterocycles. The number of carbonyl (C=O) groups excluding carboxylic acids is 2. The van der Waals surface area contributed by atoms with Crippen LogP contribution < -0.4 is 23.5 Å². The zero-order valence-corrected chi connectivity index (χ0v) is 36.0. The molecule has 1 amide bonds. The molecule has 0 aliphatic rings. The summed E-state index contributed by atoms with van der Waals surface area (Å²) in [6.45, 7) is 17.9. The van der Waals surface area contributed by atoms with Gasteiger partial charge in [-0.25, -0.2) is 0 Å². The van der Waals surface area contributed by atoms with Crippen molar-refractivity contribution in [3.8, 4) is 0 Å². The fourth-order valence-electron chi connectivity index (χ4n) is 5.91. The Balaban J connectivity index is 0.000000424. The van der Waals surface area contributed by atoms with Crippen LogP contribution in [0.15, 0.2) is 60.9 Å².